The van der Waals surface area contributed by atoms with Crippen molar-refractivity contribution in [3.05, 3.63) is 0 Å². The summed E-state index contributed by atoms with van der Waals surface area (Å²) >= 11 is 0. The Morgan fingerprint density at radius 2 is 2.00 bits per heavy atom. The fraction of sp³-hybridized carbons (Fsp3) is 1.00. The minimum absolute atomic E-state index is 0.116. The maximum Gasteiger partial charge on any atom is 0.0707 e. The van der Waals surface area contributed by atoms with Crippen LogP contribution in [0.2, 0.25) is 0 Å². The predicted molar refractivity (Wildman–Crippen MR) is 56.7 cm³/mol. The molecular weight excluding hydrogens is 192 g/mol. The fourth-order valence-electron chi connectivity index (χ4n) is 3.14. The van der Waals surface area contributed by atoms with Crippen LogP contribution in [0.3, 0.4) is 0 Å². The maximum absolute atomic E-state index is 5.95. The van der Waals surface area contributed by atoms with E-state index in [0.29, 0.717) is 18.8 Å². The molecule has 0 aromatic rings. The minimum Gasteiger partial charge on any atom is -0.379 e. The van der Waals surface area contributed by atoms with E-state index in [9.17, 15) is 0 Å². The van der Waals surface area contributed by atoms with Crippen LogP contribution in [0.4, 0.5) is 0 Å². The van der Waals surface area contributed by atoms with Gasteiger partial charge in [0, 0.05) is 26.2 Å². The highest BCUT2D eigenvalue weighted by molar-refractivity contribution is 4.99. The summed E-state index contributed by atoms with van der Waals surface area (Å²) in [5, 5.41) is 0. The molecule has 0 spiro atoms. The molecule has 0 radical (unpaired) electrons. The molecule has 0 aromatic heterocycles. The number of morpholine rings is 1. The van der Waals surface area contributed by atoms with E-state index in [4.69, 9.17) is 15.2 Å². The molecule has 3 unspecified atom stereocenters. The zero-order valence-electron chi connectivity index (χ0n) is 9.15. The molecule has 0 aromatic carbocycles. The SMILES string of the molecule is NCC1(N2CC3CCC(C2)O3)CCOC1. The molecule has 3 fully saturated rings. The van der Waals surface area contributed by atoms with Crippen molar-refractivity contribution in [3.8, 4) is 0 Å². The average molecular weight is 212 g/mol. The molecule has 86 valence electrons. The molecule has 4 nitrogen and oxygen atoms in total. The summed E-state index contributed by atoms with van der Waals surface area (Å²) in [6, 6.07) is 0. The van der Waals surface area contributed by atoms with Crippen molar-refractivity contribution in [2.24, 2.45) is 5.73 Å². The number of nitrogens with zero attached hydrogens (tertiary/aromatic N) is 1. The third-order valence-electron chi connectivity index (χ3n) is 4.18. The van der Waals surface area contributed by atoms with E-state index in [-0.39, 0.29) is 5.54 Å². The Morgan fingerprint density at radius 1 is 1.27 bits per heavy atom. The van der Waals surface area contributed by atoms with Crippen molar-refractivity contribution in [2.45, 2.75) is 37.0 Å². The van der Waals surface area contributed by atoms with Crippen LogP contribution >= 0.6 is 0 Å². The average Bonchev–Trinajstić information content (AvgIpc) is 2.86. The lowest BCUT2D eigenvalue weighted by Crippen LogP contribution is -2.60. The highest BCUT2D eigenvalue weighted by atomic mass is 16.5. The summed E-state index contributed by atoms with van der Waals surface area (Å²) in [5.74, 6) is 0. The standard InChI is InChI=1S/C11H20N2O2/c12-7-11(3-4-14-8-11)13-5-9-1-2-10(6-13)15-9/h9-10H,1-8,12H2. The maximum atomic E-state index is 5.95. The predicted octanol–water partition coefficient (Wildman–Crippen LogP) is -0.0326. The molecule has 2 bridgehead atoms. The topological polar surface area (TPSA) is 47.7 Å². The van der Waals surface area contributed by atoms with Gasteiger partial charge in [-0.05, 0) is 19.3 Å². The molecule has 3 aliphatic heterocycles. The third kappa shape index (κ3) is 1.60. The van der Waals surface area contributed by atoms with Crippen LogP contribution in [-0.4, -0.2) is 55.5 Å². The van der Waals surface area contributed by atoms with E-state index < -0.39 is 0 Å². The van der Waals surface area contributed by atoms with Gasteiger partial charge in [-0.3, -0.25) is 4.90 Å². The fourth-order valence-corrected chi connectivity index (χ4v) is 3.14. The quantitative estimate of drug-likeness (QED) is 0.698. The smallest absolute Gasteiger partial charge is 0.0707 e. The van der Waals surface area contributed by atoms with Crippen molar-refractivity contribution in [3.63, 3.8) is 0 Å². The Balaban J connectivity index is 1.75. The summed E-state index contributed by atoms with van der Waals surface area (Å²) < 4.78 is 11.4. The molecule has 3 heterocycles. The number of hydrogen-bond acceptors (Lipinski definition) is 4. The molecule has 15 heavy (non-hydrogen) atoms. The number of nitrogens with two attached hydrogens (primary N) is 1. The Kier molecular flexibility index (Phi) is 2.47. The first-order valence-electron chi connectivity index (χ1n) is 6.01. The van der Waals surface area contributed by atoms with Crippen LogP contribution in [0.1, 0.15) is 19.3 Å². The van der Waals surface area contributed by atoms with Gasteiger partial charge in [0.2, 0.25) is 0 Å². The lowest BCUT2D eigenvalue weighted by molar-refractivity contribution is -0.0775. The summed E-state index contributed by atoms with van der Waals surface area (Å²) in [4.78, 5) is 2.53. The molecule has 3 rings (SSSR count). The van der Waals surface area contributed by atoms with E-state index in [1.165, 1.54) is 12.8 Å². The largest absolute Gasteiger partial charge is 0.379 e. The summed E-state index contributed by atoms with van der Waals surface area (Å²) in [6.07, 6.45) is 4.44. The van der Waals surface area contributed by atoms with Crippen molar-refractivity contribution in [1.29, 1.82) is 0 Å². The van der Waals surface area contributed by atoms with Gasteiger partial charge in [0.25, 0.3) is 0 Å². The van der Waals surface area contributed by atoms with Crippen molar-refractivity contribution in [1.82, 2.24) is 4.90 Å². The second kappa shape index (κ2) is 3.70. The highest BCUT2D eigenvalue weighted by Crippen LogP contribution is 2.33. The van der Waals surface area contributed by atoms with Crippen molar-refractivity contribution >= 4 is 0 Å². The number of ether oxygens (including phenoxy) is 2. The second-order valence-corrected chi connectivity index (χ2v) is 5.09. The van der Waals surface area contributed by atoms with Crippen LogP contribution in [0.15, 0.2) is 0 Å². The first-order valence-corrected chi connectivity index (χ1v) is 6.01. The minimum atomic E-state index is 0.116. The zero-order valence-corrected chi connectivity index (χ0v) is 9.15. The summed E-state index contributed by atoms with van der Waals surface area (Å²) in [7, 11) is 0. The Labute approximate surface area is 90.7 Å². The van der Waals surface area contributed by atoms with Gasteiger partial charge in [0.15, 0.2) is 0 Å². The van der Waals surface area contributed by atoms with Gasteiger partial charge in [0.05, 0.1) is 24.4 Å². The monoisotopic (exact) mass is 212 g/mol. The molecule has 2 N–H and O–H groups in total. The van der Waals surface area contributed by atoms with Gasteiger partial charge in [-0.25, -0.2) is 0 Å². The van der Waals surface area contributed by atoms with Crippen LogP contribution < -0.4 is 5.73 Å². The normalized spacial score (nSPS) is 46.2. The number of fused-ring (bicyclic) bond motifs is 2. The zero-order chi connectivity index (χ0) is 10.3. The molecule has 3 atom stereocenters. The highest BCUT2D eigenvalue weighted by Gasteiger charge is 2.45. The van der Waals surface area contributed by atoms with Gasteiger partial charge >= 0.3 is 0 Å². The molecule has 0 aliphatic carbocycles. The molecule has 0 saturated carbocycles. The summed E-state index contributed by atoms with van der Waals surface area (Å²) in [6.45, 7) is 4.49. The van der Waals surface area contributed by atoms with Crippen molar-refractivity contribution < 1.29 is 9.47 Å². The van der Waals surface area contributed by atoms with Crippen LogP contribution in [0.5, 0.6) is 0 Å². The van der Waals surface area contributed by atoms with E-state index in [1.807, 2.05) is 0 Å². The Hall–Kier alpha value is -0.160. The molecule has 4 heteroatoms. The third-order valence-corrected chi connectivity index (χ3v) is 4.18. The number of hydrogen-bond donors (Lipinski definition) is 1. The van der Waals surface area contributed by atoms with E-state index in [0.717, 1.165) is 32.7 Å². The van der Waals surface area contributed by atoms with E-state index in [2.05, 4.69) is 4.90 Å². The number of likely N-dealkylation sites (tertiary alicyclic amines) is 1. The van der Waals surface area contributed by atoms with Crippen LogP contribution in [0.25, 0.3) is 0 Å². The lowest BCUT2D eigenvalue weighted by Gasteiger charge is -2.44. The van der Waals surface area contributed by atoms with Crippen molar-refractivity contribution in [2.75, 3.05) is 32.8 Å². The van der Waals surface area contributed by atoms with Gasteiger partial charge < -0.3 is 15.2 Å². The van der Waals surface area contributed by atoms with Gasteiger partial charge in [-0.2, -0.15) is 0 Å². The molecule has 0 amide bonds. The van der Waals surface area contributed by atoms with Crippen LogP contribution in [-0.2, 0) is 9.47 Å². The molecular formula is C11H20N2O2. The number of rotatable bonds is 2. The van der Waals surface area contributed by atoms with Crippen LogP contribution in [0, 0.1) is 0 Å². The second-order valence-electron chi connectivity index (χ2n) is 5.09. The first-order chi connectivity index (χ1) is 7.32. The Bertz CT molecular complexity index is 229. The molecule has 3 saturated heterocycles. The van der Waals surface area contributed by atoms with Gasteiger partial charge in [0.1, 0.15) is 0 Å². The first kappa shape index (κ1) is 10.0. The molecule has 3 aliphatic rings. The van der Waals surface area contributed by atoms with E-state index in [1.54, 1.807) is 0 Å². The lowest BCUT2D eigenvalue weighted by atomic mass is 9.95. The Morgan fingerprint density at radius 3 is 2.53 bits per heavy atom. The van der Waals surface area contributed by atoms with Gasteiger partial charge in [-0.1, -0.05) is 0 Å². The summed E-state index contributed by atoms with van der Waals surface area (Å²) in [5.41, 5.74) is 6.06. The van der Waals surface area contributed by atoms with E-state index >= 15 is 0 Å². The van der Waals surface area contributed by atoms with Gasteiger partial charge in [-0.15, -0.1) is 0 Å².